The number of carbonyl (C=O) groups is 1. The van der Waals surface area contributed by atoms with Gasteiger partial charge in [0.1, 0.15) is 0 Å². The number of hydrogen-bond donors (Lipinski definition) is 0. The molecule has 1 saturated heterocycles. The molecule has 2 saturated carbocycles. The van der Waals surface area contributed by atoms with Crippen molar-refractivity contribution in [3.8, 4) is 0 Å². The van der Waals surface area contributed by atoms with Gasteiger partial charge in [0.25, 0.3) is 0 Å². The van der Waals surface area contributed by atoms with Crippen LogP contribution in [0.3, 0.4) is 0 Å². The van der Waals surface area contributed by atoms with Gasteiger partial charge in [0.2, 0.25) is 0 Å². The van der Waals surface area contributed by atoms with Gasteiger partial charge in [0.15, 0.2) is 0 Å². The van der Waals surface area contributed by atoms with Crippen molar-refractivity contribution in [3.05, 3.63) is 0 Å². The van der Waals surface area contributed by atoms with Gasteiger partial charge >= 0.3 is 5.97 Å². The number of hydrogen-bond acceptors (Lipinski definition) is 4. The minimum atomic E-state index is -0.0724. The zero-order chi connectivity index (χ0) is 15.4. The second-order valence-electron chi connectivity index (χ2n) is 7.56. The van der Waals surface area contributed by atoms with Gasteiger partial charge in [0, 0.05) is 32.2 Å². The smallest absolute Gasteiger partial charge is 0.320 e. The van der Waals surface area contributed by atoms with Crippen LogP contribution in [0.25, 0.3) is 0 Å². The molecule has 3 rings (SSSR count). The molecule has 2 aliphatic carbocycles. The van der Waals surface area contributed by atoms with Crippen molar-refractivity contribution in [3.63, 3.8) is 0 Å². The first-order chi connectivity index (χ1) is 10.7. The number of ether oxygens (including phenoxy) is 1. The third-order valence-electron chi connectivity index (χ3n) is 6.26. The Morgan fingerprint density at radius 3 is 2.27 bits per heavy atom. The van der Waals surface area contributed by atoms with E-state index in [0.29, 0.717) is 13.2 Å². The van der Waals surface area contributed by atoms with E-state index in [-0.39, 0.29) is 5.97 Å². The van der Waals surface area contributed by atoms with Crippen LogP contribution in [-0.4, -0.2) is 61.1 Å². The molecule has 1 aliphatic heterocycles. The van der Waals surface area contributed by atoms with Crippen LogP contribution < -0.4 is 0 Å². The van der Waals surface area contributed by atoms with Gasteiger partial charge in [-0.3, -0.25) is 14.6 Å². The quantitative estimate of drug-likeness (QED) is 0.748. The van der Waals surface area contributed by atoms with Gasteiger partial charge in [-0.1, -0.05) is 12.8 Å². The van der Waals surface area contributed by atoms with Crippen molar-refractivity contribution in [2.24, 2.45) is 5.41 Å². The molecule has 0 amide bonds. The van der Waals surface area contributed by atoms with Crippen molar-refractivity contribution < 1.29 is 9.53 Å². The zero-order valence-electron chi connectivity index (χ0n) is 14.2. The Labute approximate surface area is 135 Å². The maximum atomic E-state index is 11.6. The van der Waals surface area contributed by atoms with Crippen LogP contribution in [0.1, 0.15) is 58.3 Å². The number of piperazine rings is 1. The lowest BCUT2D eigenvalue weighted by atomic mass is 9.71. The van der Waals surface area contributed by atoms with E-state index in [1.807, 2.05) is 6.92 Å². The summed E-state index contributed by atoms with van der Waals surface area (Å²) in [5.41, 5.74) is 0.738. The van der Waals surface area contributed by atoms with E-state index in [9.17, 15) is 4.79 Å². The van der Waals surface area contributed by atoms with Crippen LogP contribution in [0, 0.1) is 5.41 Å². The van der Waals surface area contributed by atoms with Gasteiger partial charge in [-0.15, -0.1) is 0 Å². The normalized spacial score (nSPS) is 27.3. The summed E-state index contributed by atoms with van der Waals surface area (Å²) in [6.07, 6.45) is 11.6. The Balaban J connectivity index is 1.40. The molecule has 0 aromatic heterocycles. The van der Waals surface area contributed by atoms with Crippen molar-refractivity contribution in [1.82, 2.24) is 9.80 Å². The molecule has 0 aromatic rings. The minimum Gasteiger partial charge on any atom is -0.465 e. The summed E-state index contributed by atoms with van der Waals surface area (Å²) in [6, 6.07) is 0.802. The predicted molar refractivity (Wildman–Crippen MR) is 87.8 cm³/mol. The predicted octanol–water partition coefficient (Wildman–Crippen LogP) is 2.67. The van der Waals surface area contributed by atoms with Gasteiger partial charge in [0.05, 0.1) is 13.2 Å². The maximum absolute atomic E-state index is 11.6. The first kappa shape index (κ1) is 16.3. The van der Waals surface area contributed by atoms with Crippen molar-refractivity contribution in [2.75, 3.05) is 39.3 Å². The summed E-state index contributed by atoms with van der Waals surface area (Å²) in [4.78, 5) is 16.5. The first-order valence-corrected chi connectivity index (χ1v) is 9.33. The van der Waals surface area contributed by atoms with Crippen molar-refractivity contribution in [1.29, 1.82) is 0 Å². The summed E-state index contributed by atoms with van der Waals surface area (Å²) in [7, 11) is 0. The molecule has 0 atom stereocenters. The summed E-state index contributed by atoms with van der Waals surface area (Å²) in [5.74, 6) is -0.0724. The highest BCUT2D eigenvalue weighted by molar-refractivity contribution is 5.71. The Hall–Kier alpha value is -0.610. The zero-order valence-corrected chi connectivity index (χ0v) is 14.2. The van der Waals surface area contributed by atoms with Crippen molar-refractivity contribution >= 4 is 5.97 Å². The van der Waals surface area contributed by atoms with Crippen LogP contribution in [-0.2, 0) is 9.53 Å². The molecule has 22 heavy (non-hydrogen) atoms. The molecule has 3 aliphatic rings. The van der Waals surface area contributed by atoms with Crippen LogP contribution in [0.5, 0.6) is 0 Å². The number of rotatable bonds is 4. The highest BCUT2D eigenvalue weighted by Gasteiger charge is 2.39. The monoisotopic (exact) mass is 308 g/mol. The number of esters is 1. The fourth-order valence-corrected chi connectivity index (χ4v) is 4.88. The molecule has 1 heterocycles. The van der Waals surface area contributed by atoms with E-state index in [0.717, 1.165) is 37.6 Å². The largest absolute Gasteiger partial charge is 0.465 e. The van der Waals surface area contributed by atoms with Gasteiger partial charge in [-0.25, -0.2) is 0 Å². The van der Waals surface area contributed by atoms with E-state index in [4.69, 9.17) is 4.74 Å². The molecule has 1 spiro atoms. The molecule has 4 nitrogen and oxygen atoms in total. The average molecular weight is 308 g/mol. The SMILES string of the molecule is CCOC(=O)CN1CCN(C2CCC3(CCCC3)CC2)CC1. The maximum Gasteiger partial charge on any atom is 0.320 e. The number of carbonyl (C=O) groups excluding carboxylic acids is 1. The third-order valence-corrected chi connectivity index (χ3v) is 6.26. The topological polar surface area (TPSA) is 32.8 Å². The fourth-order valence-electron chi connectivity index (χ4n) is 4.88. The van der Waals surface area contributed by atoms with Crippen LogP contribution in [0.15, 0.2) is 0 Å². The molecule has 0 radical (unpaired) electrons. The molecule has 0 N–H and O–H groups in total. The standard InChI is InChI=1S/C18H32N2O2/c1-2-22-17(21)15-19-11-13-20(14-12-19)16-5-9-18(10-6-16)7-3-4-8-18/h16H,2-15H2,1H3. The van der Waals surface area contributed by atoms with Gasteiger partial charge in [-0.05, 0) is 50.9 Å². The fraction of sp³-hybridized carbons (Fsp3) is 0.944. The van der Waals surface area contributed by atoms with Crippen LogP contribution in [0.4, 0.5) is 0 Å². The van der Waals surface area contributed by atoms with E-state index in [2.05, 4.69) is 9.80 Å². The van der Waals surface area contributed by atoms with Gasteiger partial charge < -0.3 is 4.74 Å². The molecule has 0 bridgehead atoms. The third kappa shape index (κ3) is 3.83. The molecule has 0 unspecified atom stereocenters. The Kier molecular flexibility index (Phi) is 5.40. The van der Waals surface area contributed by atoms with Crippen LogP contribution in [0.2, 0.25) is 0 Å². The van der Waals surface area contributed by atoms with Gasteiger partial charge in [-0.2, -0.15) is 0 Å². The molecular weight excluding hydrogens is 276 g/mol. The highest BCUT2D eigenvalue weighted by atomic mass is 16.5. The molecular formula is C18H32N2O2. The molecule has 0 aromatic carbocycles. The molecule has 3 fully saturated rings. The Bertz CT molecular complexity index is 361. The van der Waals surface area contributed by atoms with E-state index >= 15 is 0 Å². The second-order valence-corrected chi connectivity index (χ2v) is 7.56. The molecule has 126 valence electrons. The summed E-state index contributed by atoms with van der Waals surface area (Å²) in [5, 5.41) is 0. The Morgan fingerprint density at radius 1 is 1.05 bits per heavy atom. The van der Waals surface area contributed by atoms with Crippen molar-refractivity contribution in [2.45, 2.75) is 64.3 Å². The minimum absolute atomic E-state index is 0.0724. The molecule has 4 heteroatoms. The summed E-state index contributed by atoms with van der Waals surface area (Å²) >= 11 is 0. The van der Waals surface area contributed by atoms with Crippen LogP contribution >= 0.6 is 0 Å². The highest BCUT2D eigenvalue weighted by Crippen LogP contribution is 2.49. The average Bonchev–Trinajstić information content (AvgIpc) is 2.97. The van der Waals surface area contributed by atoms with E-state index in [1.165, 1.54) is 51.4 Å². The van der Waals surface area contributed by atoms with E-state index < -0.39 is 0 Å². The summed E-state index contributed by atoms with van der Waals surface area (Å²) in [6.45, 7) is 7.10. The van der Waals surface area contributed by atoms with E-state index in [1.54, 1.807) is 0 Å². The lowest BCUT2D eigenvalue weighted by Crippen LogP contribution is -2.52. The summed E-state index contributed by atoms with van der Waals surface area (Å²) < 4.78 is 5.05. The lowest BCUT2D eigenvalue weighted by Gasteiger charge is -2.44. The Morgan fingerprint density at radius 2 is 1.68 bits per heavy atom. The first-order valence-electron chi connectivity index (χ1n) is 9.33. The lowest BCUT2D eigenvalue weighted by molar-refractivity contribution is -0.145. The number of nitrogens with zero attached hydrogens (tertiary/aromatic N) is 2. The second kappa shape index (κ2) is 7.31.